The monoisotopic (exact) mass is 236 g/mol. The zero-order valence-corrected chi connectivity index (χ0v) is 9.80. The first kappa shape index (κ1) is 11.6. The van der Waals surface area contributed by atoms with Crippen molar-refractivity contribution in [3.63, 3.8) is 0 Å². The first-order chi connectivity index (χ1) is 8.20. The molecule has 1 aromatic rings. The molecule has 2 amide bonds. The number of aromatic nitrogens is 2. The Morgan fingerprint density at radius 3 is 2.94 bits per heavy atom. The van der Waals surface area contributed by atoms with E-state index in [1.807, 2.05) is 19.2 Å². The number of hydrogen-bond acceptors (Lipinski definition) is 3. The van der Waals surface area contributed by atoms with Crippen LogP contribution in [0.25, 0.3) is 0 Å². The molecule has 1 aliphatic heterocycles. The summed E-state index contributed by atoms with van der Waals surface area (Å²) >= 11 is 0. The Morgan fingerprint density at radius 2 is 2.29 bits per heavy atom. The minimum atomic E-state index is -0.367. The second-order valence-electron chi connectivity index (χ2n) is 4.06. The molecule has 1 fully saturated rings. The van der Waals surface area contributed by atoms with Crippen LogP contribution in [-0.4, -0.2) is 45.6 Å². The lowest BCUT2D eigenvalue weighted by Crippen LogP contribution is -2.58. The minimum absolute atomic E-state index is 0.000689. The number of nitrogens with one attached hydrogen (secondary N) is 1. The first-order valence-corrected chi connectivity index (χ1v) is 5.76. The van der Waals surface area contributed by atoms with Crippen molar-refractivity contribution in [2.75, 3.05) is 13.1 Å². The molecule has 0 bridgehead atoms. The summed E-state index contributed by atoms with van der Waals surface area (Å²) in [5.41, 5.74) is 0. The molecule has 0 saturated carbocycles. The maximum absolute atomic E-state index is 11.9. The van der Waals surface area contributed by atoms with Gasteiger partial charge in [0.15, 0.2) is 0 Å². The molecule has 0 aromatic carbocycles. The number of hydrogen-bond donors (Lipinski definition) is 1. The van der Waals surface area contributed by atoms with Crippen LogP contribution in [0.4, 0.5) is 0 Å². The van der Waals surface area contributed by atoms with E-state index in [-0.39, 0.29) is 24.4 Å². The van der Waals surface area contributed by atoms with E-state index < -0.39 is 0 Å². The van der Waals surface area contributed by atoms with Crippen molar-refractivity contribution in [1.82, 2.24) is 20.0 Å². The Morgan fingerprint density at radius 1 is 1.47 bits per heavy atom. The van der Waals surface area contributed by atoms with E-state index in [2.05, 4.69) is 10.4 Å². The van der Waals surface area contributed by atoms with E-state index in [1.165, 1.54) is 0 Å². The van der Waals surface area contributed by atoms with E-state index in [1.54, 1.807) is 15.8 Å². The largest absolute Gasteiger partial charge is 0.343 e. The third-order valence-corrected chi connectivity index (χ3v) is 2.85. The molecule has 0 radical (unpaired) electrons. The molecule has 0 aliphatic carbocycles. The second-order valence-corrected chi connectivity index (χ2v) is 4.06. The van der Waals surface area contributed by atoms with Gasteiger partial charge in [0, 0.05) is 18.9 Å². The maximum atomic E-state index is 11.9. The summed E-state index contributed by atoms with van der Waals surface area (Å²) in [6.45, 7) is 3.17. The van der Waals surface area contributed by atoms with Crippen LogP contribution in [0.1, 0.15) is 13.3 Å². The molecule has 2 rings (SSSR count). The van der Waals surface area contributed by atoms with Gasteiger partial charge in [0.1, 0.15) is 6.04 Å². The van der Waals surface area contributed by atoms with Crippen LogP contribution in [0.5, 0.6) is 0 Å². The SMILES string of the molecule is CCC1NC(=O)CN(CCn2cccn2)C1=O. The summed E-state index contributed by atoms with van der Waals surface area (Å²) in [5.74, 6) is -0.0869. The molecule has 0 spiro atoms. The topological polar surface area (TPSA) is 67.2 Å². The van der Waals surface area contributed by atoms with Crippen LogP contribution < -0.4 is 5.32 Å². The van der Waals surface area contributed by atoms with Crippen molar-refractivity contribution in [1.29, 1.82) is 0 Å². The summed E-state index contributed by atoms with van der Waals surface area (Å²) in [6.07, 6.45) is 4.16. The third-order valence-electron chi connectivity index (χ3n) is 2.85. The Labute approximate surface area is 99.6 Å². The molecule has 1 atom stereocenters. The van der Waals surface area contributed by atoms with Gasteiger partial charge in [-0.1, -0.05) is 6.92 Å². The standard InChI is InChI=1S/C11H16N4O2/c1-2-9-11(17)14(8-10(16)13-9)6-7-15-5-3-4-12-15/h3-5,9H,2,6-8H2,1H3,(H,13,16). The van der Waals surface area contributed by atoms with Crippen LogP contribution in [-0.2, 0) is 16.1 Å². The molecule has 6 heteroatoms. The van der Waals surface area contributed by atoms with E-state index in [4.69, 9.17) is 0 Å². The highest BCUT2D eigenvalue weighted by Gasteiger charge is 2.30. The van der Waals surface area contributed by atoms with Crippen LogP contribution in [0.2, 0.25) is 0 Å². The van der Waals surface area contributed by atoms with Crippen molar-refractivity contribution >= 4 is 11.8 Å². The molecule has 2 heterocycles. The third kappa shape index (κ3) is 2.64. The Kier molecular flexibility index (Phi) is 3.41. The Hall–Kier alpha value is -1.85. The van der Waals surface area contributed by atoms with Gasteiger partial charge in [0.05, 0.1) is 13.1 Å². The van der Waals surface area contributed by atoms with Gasteiger partial charge in [-0.25, -0.2) is 0 Å². The second kappa shape index (κ2) is 4.99. The zero-order chi connectivity index (χ0) is 12.3. The van der Waals surface area contributed by atoms with Gasteiger partial charge >= 0.3 is 0 Å². The van der Waals surface area contributed by atoms with Gasteiger partial charge in [0.2, 0.25) is 11.8 Å². The van der Waals surface area contributed by atoms with Gasteiger partial charge in [0.25, 0.3) is 0 Å². The lowest BCUT2D eigenvalue weighted by molar-refractivity contribution is -0.144. The van der Waals surface area contributed by atoms with Crippen molar-refractivity contribution < 1.29 is 9.59 Å². The van der Waals surface area contributed by atoms with E-state index in [9.17, 15) is 9.59 Å². The van der Waals surface area contributed by atoms with Crippen LogP contribution in [0, 0.1) is 0 Å². The highest BCUT2D eigenvalue weighted by molar-refractivity contribution is 5.94. The predicted octanol–water partition coefficient (Wildman–Crippen LogP) is -0.380. The number of amides is 2. The maximum Gasteiger partial charge on any atom is 0.245 e. The number of nitrogens with zero attached hydrogens (tertiary/aromatic N) is 3. The zero-order valence-electron chi connectivity index (χ0n) is 9.80. The van der Waals surface area contributed by atoms with Crippen molar-refractivity contribution in [3.8, 4) is 0 Å². The highest BCUT2D eigenvalue weighted by Crippen LogP contribution is 2.05. The van der Waals surface area contributed by atoms with E-state index in [0.717, 1.165) is 0 Å². The fraction of sp³-hybridized carbons (Fsp3) is 0.545. The molecule has 1 N–H and O–H groups in total. The van der Waals surface area contributed by atoms with E-state index >= 15 is 0 Å². The molecule has 1 unspecified atom stereocenters. The van der Waals surface area contributed by atoms with Crippen molar-refractivity contribution in [2.24, 2.45) is 0 Å². The fourth-order valence-corrected chi connectivity index (χ4v) is 1.90. The van der Waals surface area contributed by atoms with Crippen molar-refractivity contribution in [3.05, 3.63) is 18.5 Å². The van der Waals surface area contributed by atoms with Crippen LogP contribution in [0.15, 0.2) is 18.5 Å². The minimum Gasteiger partial charge on any atom is -0.343 e. The lowest BCUT2D eigenvalue weighted by atomic mass is 10.1. The number of piperazine rings is 1. The quantitative estimate of drug-likeness (QED) is 0.775. The summed E-state index contributed by atoms with van der Waals surface area (Å²) in [4.78, 5) is 25.0. The number of carbonyl (C=O) groups is 2. The Bertz CT molecular complexity index is 402. The van der Waals surface area contributed by atoms with Gasteiger partial charge in [-0.3, -0.25) is 14.3 Å². The van der Waals surface area contributed by atoms with Gasteiger partial charge < -0.3 is 10.2 Å². The normalized spacial score (nSPS) is 20.5. The molecule has 6 nitrogen and oxygen atoms in total. The van der Waals surface area contributed by atoms with E-state index in [0.29, 0.717) is 19.5 Å². The first-order valence-electron chi connectivity index (χ1n) is 5.76. The predicted molar refractivity (Wildman–Crippen MR) is 61.0 cm³/mol. The van der Waals surface area contributed by atoms with Crippen LogP contribution in [0.3, 0.4) is 0 Å². The van der Waals surface area contributed by atoms with Gasteiger partial charge in [-0.05, 0) is 12.5 Å². The molecule has 17 heavy (non-hydrogen) atoms. The molecular formula is C11H16N4O2. The average Bonchev–Trinajstić information content (AvgIpc) is 2.82. The molecule has 1 aromatic heterocycles. The molecular weight excluding hydrogens is 220 g/mol. The molecule has 1 aliphatic rings. The van der Waals surface area contributed by atoms with Gasteiger partial charge in [-0.15, -0.1) is 0 Å². The highest BCUT2D eigenvalue weighted by atomic mass is 16.2. The van der Waals surface area contributed by atoms with Gasteiger partial charge in [-0.2, -0.15) is 5.10 Å². The smallest absolute Gasteiger partial charge is 0.245 e. The number of rotatable bonds is 4. The fourth-order valence-electron chi connectivity index (χ4n) is 1.90. The summed E-state index contributed by atoms with van der Waals surface area (Å²) < 4.78 is 1.75. The lowest BCUT2D eigenvalue weighted by Gasteiger charge is -2.31. The summed E-state index contributed by atoms with van der Waals surface area (Å²) in [5, 5.41) is 6.75. The summed E-state index contributed by atoms with van der Waals surface area (Å²) in [7, 11) is 0. The summed E-state index contributed by atoms with van der Waals surface area (Å²) in [6, 6.07) is 1.47. The molecule has 1 saturated heterocycles. The number of carbonyl (C=O) groups excluding carboxylic acids is 2. The van der Waals surface area contributed by atoms with Crippen LogP contribution >= 0.6 is 0 Å². The Balaban J connectivity index is 1.94. The van der Waals surface area contributed by atoms with Crippen molar-refractivity contribution in [2.45, 2.75) is 25.9 Å². The molecule has 92 valence electrons. The average molecular weight is 236 g/mol.